The number of carbonyl (C=O) groups excluding carboxylic acids is 2. The van der Waals surface area contributed by atoms with Crippen LogP contribution in [-0.2, 0) is 36.1 Å². The molecular weight excluding hydrogens is 704 g/mol. The van der Waals surface area contributed by atoms with Gasteiger partial charge in [-0.2, -0.15) is 0 Å². The maximum Gasteiger partial charge on any atom is 0.264 e. The van der Waals surface area contributed by atoms with Crippen molar-refractivity contribution in [1.29, 1.82) is 0 Å². The molecule has 1 fully saturated rings. The molecule has 1 aliphatic carbocycles. The van der Waals surface area contributed by atoms with Crippen molar-refractivity contribution in [2.75, 3.05) is 71.7 Å². The molecule has 2 amide bonds. The molecule has 11 nitrogen and oxygen atoms in total. The van der Waals surface area contributed by atoms with Gasteiger partial charge in [-0.15, -0.1) is 0 Å². The zero-order chi connectivity index (χ0) is 37.0. The van der Waals surface area contributed by atoms with E-state index in [1.165, 1.54) is 11.1 Å². The Morgan fingerprint density at radius 3 is 2.62 bits per heavy atom. The number of hydrogen-bond acceptors (Lipinski definition) is 9. The van der Waals surface area contributed by atoms with E-state index in [-0.39, 0.29) is 28.8 Å². The number of nitrogens with one attached hydrogen (secondary N) is 1. The maximum atomic E-state index is 14.5. The Morgan fingerprint density at radius 2 is 1.87 bits per heavy atom. The first-order valence-electron chi connectivity index (χ1n) is 18.5. The third-order valence-electron chi connectivity index (χ3n) is 11.6. The lowest BCUT2D eigenvalue weighted by molar-refractivity contribution is -0.136. The molecule has 2 aromatic rings. The number of sulfonamides is 1. The standard InChI is InChI=1S/C39H53ClN4O7S/c1-27-8-5-11-34(38(46)42(18-20-49-3)19-21-50-4)44-17-7-10-32(44)24-43-25-39(16-6-9-29-22-31(40)13-14-33(29)39)26-51-36-15-12-30(23-35(36)43)37(45)41-52(47,48)28(27)2/h5,11-15,22-23,27-28,32,34H,6-10,16-21,24-26H2,1-4H3,(H,41,45)/b11-5+/t27-,28+,32-,34+,39-/m0/s1. The van der Waals surface area contributed by atoms with E-state index in [9.17, 15) is 18.0 Å². The number of aryl methyl sites for hydroxylation is 1. The van der Waals surface area contributed by atoms with Crippen molar-refractivity contribution in [2.24, 2.45) is 5.92 Å². The predicted octanol–water partition coefficient (Wildman–Crippen LogP) is 4.81. The molecule has 0 radical (unpaired) electrons. The number of halogens is 1. The molecule has 3 heterocycles. The molecule has 52 heavy (non-hydrogen) atoms. The molecule has 0 aromatic heterocycles. The fraction of sp³-hybridized carbons (Fsp3) is 0.590. The van der Waals surface area contributed by atoms with Gasteiger partial charge in [-0.25, -0.2) is 13.1 Å². The third kappa shape index (κ3) is 8.16. The normalized spacial score (nSPS) is 28.2. The monoisotopic (exact) mass is 756 g/mol. The second-order valence-corrected chi connectivity index (χ2v) is 17.4. The van der Waals surface area contributed by atoms with Crippen molar-refractivity contribution < 1.29 is 32.2 Å². The summed E-state index contributed by atoms with van der Waals surface area (Å²) < 4.78 is 46.8. The third-order valence-corrected chi connectivity index (χ3v) is 13.7. The largest absolute Gasteiger partial charge is 0.490 e. The fourth-order valence-electron chi connectivity index (χ4n) is 8.39. The molecule has 13 heteroatoms. The highest BCUT2D eigenvalue weighted by Crippen LogP contribution is 2.45. The van der Waals surface area contributed by atoms with Crippen LogP contribution >= 0.6 is 11.6 Å². The van der Waals surface area contributed by atoms with Gasteiger partial charge in [0.25, 0.3) is 5.91 Å². The summed E-state index contributed by atoms with van der Waals surface area (Å²) in [6.45, 7) is 7.53. The first-order valence-corrected chi connectivity index (χ1v) is 20.4. The summed E-state index contributed by atoms with van der Waals surface area (Å²) in [5.41, 5.74) is 3.09. The highest BCUT2D eigenvalue weighted by Gasteiger charge is 2.44. The van der Waals surface area contributed by atoms with Crippen LogP contribution in [0, 0.1) is 5.92 Å². The highest BCUT2D eigenvalue weighted by atomic mass is 35.5. The Hall–Kier alpha value is -3.16. The molecule has 284 valence electrons. The minimum absolute atomic E-state index is 0.0173. The van der Waals surface area contributed by atoms with Crippen molar-refractivity contribution >= 4 is 39.1 Å². The average molecular weight is 757 g/mol. The van der Waals surface area contributed by atoms with Crippen LogP contribution < -0.4 is 14.4 Å². The molecule has 3 aliphatic heterocycles. The maximum absolute atomic E-state index is 14.5. The molecule has 4 aliphatic rings. The van der Waals surface area contributed by atoms with Crippen LogP contribution in [-0.4, -0.2) is 114 Å². The molecule has 0 saturated carbocycles. The van der Waals surface area contributed by atoms with Crippen molar-refractivity contribution in [3.63, 3.8) is 0 Å². The van der Waals surface area contributed by atoms with Gasteiger partial charge in [0.2, 0.25) is 15.9 Å². The van der Waals surface area contributed by atoms with E-state index in [4.69, 9.17) is 25.8 Å². The first kappa shape index (κ1) is 38.6. The van der Waals surface area contributed by atoms with E-state index >= 15 is 0 Å². The van der Waals surface area contributed by atoms with Gasteiger partial charge in [0.05, 0.1) is 30.8 Å². The summed E-state index contributed by atoms with van der Waals surface area (Å²) in [4.78, 5) is 34.6. The Kier molecular flexibility index (Phi) is 12.2. The SMILES string of the molecule is COCCN(CCOC)C(=O)[C@H]1/C=C/C[C@H](C)[C@@H](C)S(=O)(=O)NC(=O)c2ccc3c(c2)N(C[C@@H]2CCCN21)C[C@@]1(CCCc2cc(Cl)ccc21)CO3. The molecule has 1 saturated heterocycles. The van der Waals surface area contributed by atoms with Crippen molar-refractivity contribution in [2.45, 2.75) is 75.1 Å². The summed E-state index contributed by atoms with van der Waals surface area (Å²) in [6, 6.07) is 10.8. The number of nitrogens with zero attached hydrogens (tertiary/aromatic N) is 3. The van der Waals surface area contributed by atoms with Gasteiger partial charge in [-0.05, 0) is 99.4 Å². The van der Waals surface area contributed by atoms with Crippen molar-refractivity contribution in [1.82, 2.24) is 14.5 Å². The Balaban J connectivity index is 1.45. The van der Waals surface area contributed by atoms with E-state index in [2.05, 4.69) is 26.7 Å². The number of methoxy groups -OCH3 is 2. The van der Waals surface area contributed by atoms with Gasteiger partial charge in [-0.1, -0.05) is 36.7 Å². The zero-order valence-corrected chi connectivity index (χ0v) is 32.4. The minimum Gasteiger partial charge on any atom is -0.490 e. The summed E-state index contributed by atoms with van der Waals surface area (Å²) >= 11 is 6.47. The molecule has 5 atom stereocenters. The quantitative estimate of drug-likeness (QED) is 0.398. The van der Waals surface area contributed by atoms with Crippen LogP contribution in [0.1, 0.15) is 67.4 Å². The smallest absolute Gasteiger partial charge is 0.264 e. The van der Waals surface area contributed by atoms with Crippen LogP contribution in [0.5, 0.6) is 5.75 Å². The van der Waals surface area contributed by atoms with Gasteiger partial charge in [0.15, 0.2) is 0 Å². The fourth-order valence-corrected chi connectivity index (χ4v) is 9.87. The average Bonchev–Trinajstić information content (AvgIpc) is 3.52. The van der Waals surface area contributed by atoms with Gasteiger partial charge in [0.1, 0.15) is 11.8 Å². The van der Waals surface area contributed by atoms with Crippen LogP contribution in [0.25, 0.3) is 0 Å². The van der Waals surface area contributed by atoms with Gasteiger partial charge < -0.3 is 24.0 Å². The number of carbonyl (C=O) groups is 2. The number of rotatable bonds is 7. The minimum atomic E-state index is -4.02. The number of benzene rings is 2. The number of allylic oxidation sites excluding steroid dienone is 1. The first-order chi connectivity index (χ1) is 25.0. The van der Waals surface area contributed by atoms with Gasteiger partial charge >= 0.3 is 0 Å². The van der Waals surface area contributed by atoms with Crippen LogP contribution in [0.2, 0.25) is 5.02 Å². The predicted molar refractivity (Wildman–Crippen MR) is 203 cm³/mol. The van der Waals surface area contributed by atoms with Crippen molar-refractivity contribution in [3.8, 4) is 5.75 Å². The van der Waals surface area contributed by atoms with E-state index in [0.29, 0.717) is 63.2 Å². The number of amides is 2. The van der Waals surface area contributed by atoms with E-state index < -0.39 is 27.2 Å². The summed E-state index contributed by atoms with van der Waals surface area (Å²) in [6.07, 6.45) is 8.97. The molecule has 2 aromatic carbocycles. The van der Waals surface area contributed by atoms with E-state index in [1.807, 2.05) is 30.0 Å². The Morgan fingerprint density at radius 1 is 1.10 bits per heavy atom. The summed E-state index contributed by atoms with van der Waals surface area (Å²) in [5, 5.41) is -0.147. The summed E-state index contributed by atoms with van der Waals surface area (Å²) in [7, 11) is -0.765. The second-order valence-electron chi connectivity index (χ2n) is 14.9. The Labute approximate surface area is 313 Å². The van der Waals surface area contributed by atoms with E-state index in [1.54, 1.807) is 39.3 Å². The number of fused-ring (bicyclic) bond motifs is 4. The van der Waals surface area contributed by atoms with Crippen LogP contribution in [0.4, 0.5) is 5.69 Å². The Bertz CT molecular complexity index is 1750. The van der Waals surface area contributed by atoms with E-state index in [0.717, 1.165) is 44.3 Å². The topological polar surface area (TPSA) is 118 Å². The van der Waals surface area contributed by atoms with Gasteiger partial charge in [-0.3, -0.25) is 14.5 Å². The summed E-state index contributed by atoms with van der Waals surface area (Å²) in [5.74, 6) is -0.377. The number of hydrogen-bond donors (Lipinski definition) is 1. The molecule has 6 rings (SSSR count). The lowest BCUT2D eigenvalue weighted by atomic mass is 9.70. The molecule has 0 unspecified atom stereocenters. The highest BCUT2D eigenvalue weighted by molar-refractivity contribution is 7.90. The lowest BCUT2D eigenvalue weighted by Crippen LogP contribution is -2.54. The van der Waals surface area contributed by atoms with Crippen LogP contribution in [0.15, 0.2) is 48.6 Å². The lowest BCUT2D eigenvalue weighted by Gasteiger charge is -2.42. The zero-order valence-electron chi connectivity index (χ0n) is 30.8. The number of ether oxygens (including phenoxy) is 3. The second kappa shape index (κ2) is 16.5. The molecular formula is C39H53ClN4O7S. The van der Waals surface area contributed by atoms with Crippen LogP contribution in [0.3, 0.4) is 0 Å². The molecule has 1 spiro atoms. The number of anilines is 1. The molecule has 1 N–H and O–H groups in total. The van der Waals surface area contributed by atoms with Crippen molar-refractivity contribution in [3.05, 3.63) is 70.3 Å². The van der Waals surface area contributed by atoms with Gasteiger partial charge in [0, 0.05) is 62.4 Å². The molecule has 2 bridgehead atoms.